The minimum atomic E-state index is -4.88. The third-order valence-corrected chi connectivity index (χ3v) is 8.46. The van der Waals surface area contributed by atoms with Crippen molar-refractivity contribution in [2.24, 2.45) is 0 Å². The number of carbonyl (C=O) groups excluding carboxylic acids is 2. The van der Waals surface area contributed by atoms with Crippen LogP contribution in [-0.2, 0) is 39.5 Å². The van der Waals surface area contributed by atoms with E-state index in [1.807, 2.05) is 19.1 Å². The number of aryl methyl sites for hydroxylation is 1. The number of aromatic nitrogens is 1. The molecule has 3 aromatic carbocycles. The van der Waals surface area contributed by atoms with Gasteiger partial charge in [-0.25, -0.2) is 9.18 Å². The Morgan fingerprint density at radius 3 is 2.18 bits per heavy atom. The Hall–Kier alpha value is -5.47. The van der Waals surface area contributed by atoms with E-state index in [2.05, 4.69) is 30.4 Å². The third-order valence-electron chi connectivity index (χ3n) is 7.87. The molecule has 1 aliphatic heterocycles. The highest BCUT2D eigenvalue weighted by molar-refractivity contribution is 7.85. The molecular formula is C37H39F4N5O9S. The summed E-state index contributed by atoms with van der Waals surface area (Å²) >= 11 is 0. The number of hydrogen-bond donors (Lipinski definition) is 5. The molecule has 5 N–H and O–H groups in total. The fraction of sp³-hybridized carbons (Fsp3) is 0.297. The molecule has 0 unspecified atom stereocenters. The van der Waals surface area contributed by atoms with Crippen molar-refractivity contribution in [3.63, 3.8) is 0 Å². The molecule has 4 aromatic rings. The maximum atomic E-state index is 15.3. The van der Waals surface area contributed by atoms with E-state index in [1.165, 1.54) is 0 Å². The fourth-order valence-corrected chi connectivity index (χ4v) is 5.60. The van der Waals surface area contributed by atoms with Gasteiger partial charge in [-0.2, -0.15) is 21.6 Å². The summed E-state index contributed by atoms with van der Waals surface area (Å²) in [5, 5.41) is 10.7. The second kappa shape index (κ2) is 18.9. The normalized spacial score (nSPS) is 13.4. The van der Waals surface area contributed by atoms with Crippen molar-refractivity contribution in [2.45, 2.75) is 13.1 Å². The first kappa shape index (κ1) is 41.7. The van der Waals surface area contributed by atoms with Gasteiger partial charge in [0.05, 0.1) is 75.0 Å². The topological polar surface area (TPSA) is 178 Å². The van der Waals surface area contributed by atoms with E-state index in [0.29, 0.717) is 34.8 Å². The van der Waals surface area contributed by atoms with Gasteiger partial charge in [0.15, 0.2) is 11.6 Å². The molecule has 0 radical (unpaired) electrons. The molecule has 0 bridgehead atoms. The summed E-state index contributed by atoms with van der Waals surface area (Å²) in [7, 11) is -3.54. The van der Waals surface area contributed by atoms with Crippen LogP contribution in [0.25, 0.3) is 11.6 Å². The molecule has 0 saturated carbocycles. The van der Waals surface area contributed by atoms with Crippen molar-refractivity contribution in [3.05, 3.63) is 95.1 Å². The number of urea groups is 1. The number of amides is 3. The van der Waals surface area contributed by atoms with Crippen LogP contribution in [-0.4, -0.2) is 84.5 Å². The Kier molecular flexibility index (Phi) is 14.1. The zero-order chi connectivity index (χ0) is 40.3. The summed E-state index contributed by atoms with van der Waals surface area (Å²) in [5.41, 5.74) is 2.84. The molecule has 56 heavy (non-hydrogen) atoms. The number of halogens is 4. The van der Waals surface area contributed by atoms with E-state index in [-0.39, 0.29) is 64.4 Å². The van der Waals surface area contributed by atoms with Crippen LogP contribution in [0.4, 0.5) is 50.8 Å². The summed E-state index contributed by atoms with van der Waals surface area (Å²) < 4.78 is 104. The van der Waals surface area contributed by atoms with Gasteiger partial charge >= 0.3 is 12.2 Å². The van der Waals surface area contributed by atoms with Gasteiger partial charge in [0.1, 0.15) is 6.61 Å². The Morgan fingerprint density at radius 2 is 1.52 bits per heavy atom. The predicted octanol–water partition coefficient (Wildman–Crippen LogP) is 6.77. The predicted molar refractivity (Wildman–Crippen MR) is 201 cm³/mol. The van der Waals surface area contributed by atoms with Crippen molar-refractivity contribution in [1.82, 2.24) is 4.98 Å². The first-order chi connectivity index (χ1) is 26.7. The largest absolute Gasteiger partial charge is 0.488 e. The summed E-state index contributed by atoms with van der Waals surface area (Å²) in [5.74, 6) is -2.22. The van der Waals surface area contributed by atoms with Crippen LogP contribution < -0.4 is 26.0 Å². The zero-order valence-corrected chi connectivity index (χ0v) is 31.0. The number of rotatable bonds is 19. The Bertz CT molecular complexity index is 2150. The van der Waals surface area contributed by atoms with E-state index in [0.717, 1.165) is 23.1 Å². The van der Waals surface area contributed by atoms with Gasteiger partial charge in [-0.15, -0.1) is 0 Å². The maximum absolute atomic E-state index is 15.3. The molecule has 0 spiro atoms. The summed E-state index contributed by atoms with van der Waals surface area (Å²) in [6.45, 7) is 1.93. The van der Waals surface area contributed by atoms with E-state index in [1.54, 1.807) is 48.7 Å². The number of aromatic amines is 1. The highest BCUT2D eigenvalue weighted by Gasteiger charge is 2.33. The number of nitrogens with one attached hydrogen (secondary N) is 5. The van der Waals surface area contributed by atoms with E-state index in [9.17, 15) is 31.2 Å². The highest BCUT2D eigenvalue weighted by Crippen LogP contribution is 2.38. The molecule has 3 amide bonds. The van der Waals surface area contributed by atoms with Crippen molar-refractivity contribution in [3.8, 4) is 5.75 Å². The quantitative estimate of drug-likeness (QED) is 0.0294. The summed E-state index contributed by atoms with van der Waals surface area (Å²) in [6, 6.07) is 13.8. The molecule has 19 heteroatoms. The molecule has 1 aromatic heterocycles. The smallest absolute Gasteiger partial charge is 0.416 e. The van der Waals surface area contributed by atoms with E-state index < -0.39 is 45.1 Å². The lowest BCUT2D eigenvalue weighted by Crippen LogP contribution is -2.21. The summed E-state index contributed by atoms with van der Waals surface area (Å²) in [4.78, 5) is 28.6. The van der Waals surface area contributed by atoms with Crippen molar-refractivity contribution < 1.29 is 58.7 Å². The molecule has 2 heterocycles. The minimum absolute atomic E-state index is 0.0559. The van der Waals surface area contributed by atoms with E-state index >= 15 is 4.39 Å². The Labute approximate surface area is 319 Å². The number of H-pyrrole nitrogens is 1. The molecule has 0 fully saturated rings. The summed E-state index contributed by atoms with van der Waals surface area (Å²) in [6.07, 6.45) is -0.444. The second-order valence-corrected chi connectivity index (χ2v) is 13.8. The second-order valence-electron chi connectivity index (χ2n) is 12.2. The molecule has 0 saturated heterocycles. The molecule has 300 valence electrons. The van der Waals surface area contributed by atoms with Gasteiger partial charge in [0.25, 0.3) is 16.0 Å². The van der Waals surface area contributed by atoms with Crippen molar-refractivity contribution in [2.75, 3.05) is 80.4 Å². The van der Waals surface area contributed by atoms with Gasteiger partial charge in [-0.3, -0.25) is 8.98 Å². The van der Waals surface area contributed by atoms with Crippen LogP contribution in [0, 0.1) is 12.7 Å². The number of hydrogen-bond acceptors (Lipinski definition) is 10. The van der Waals surface area contributed by atoms with Crippen molar-refractivity contribution in [1.29, 1.82) is 0 Å². The monoisotopic (exact) mass is 805 g/mol. The molecule has 1 aliphatic rings. The number of anilines is 5. The van der Waals surface area contributed by atoms with Crippen LogP contribution in [0.5, 0.6) is 5.75 Å². The molecule has 14 nitrogen and oxygen atoms in total. The minimum Gasteiger partial charge on any atom is -0.488 e. The number of ether oxygens (including phenoxy) is 4. The Balaban J connectivity index is 1.13. The highest BCUT2D eigenvalue weighted by atomic mass is 32.2. The maximum Gasteiger partial charge on any atom is 0.416 e. The third kappa shape index (κ3) is 12.3. The van der Waals surface area contributed by atoms with Crippen LogP contribution in [0.2, 0.25) is 0 Å². The molecule has 0 atom stereocenters. The van der Waals surface area contributed by atoms with Crippen LogP contribution >= 0.6 is 0 Å². The molecule has 0 aliphatic carbocycles. The first-order valence-electron chi connectivity index (χ1n) is 17.0. The average Bonchev–Trinajstić information content (AvgIpc) is 3.75. The molecular weight excluding hydrogens is 766 g/mol. The molecule has 5 rings (SSSR count). The lowest BCUT2D eigenvalue weighted by atomic mass is 10.1. The lowest BCUT2D eigenvalue weighted by molar-refractivity contribution is -0.137. The standard InChI is InChI=1S/C37H39F4N5O9S/c1-23-5-6-27(21-30(23)43-26-7-8-28-29(20-25-4-3-9-42-25)35(47)45-31(28)22-26)44-36(48)46-32-18-24(37(39,40)41)19-33(34(32)38)54-16-14-52-12-10-51-11-13-53-15-17-55-56(2,49)50/h3-9,18-22,42-43H,10-17H2,1-2H3,(H,45,47)(H2,44,46,48)/b29-20-. The van der Waals surface area contributed by atoms with Gasteiger partial charge < -0.3 is 45.2 Å². The van der Waals surface area contributed by atoms with Gasteiger partial charge in [0.2, 0.25) is 0 Å². The first-order valence-corrected chi connectivity index (χ1v) is 18.9. The average molecular weight is 806 g/mol. The van der Waals surface area contributed by atoms with Gasteiger partial charge in [-0.05, 0) is 67.1 Å². The van der Waals surface area contributed by atoms with Gasteiger partial charge in [-0.1, -0.05) is 12.1 Å². The number of carbonyl (C=O) groups is 2. The number of benzene rings is 3. The lowest BCUT2D eigenvalue weighted by Gasteiger charge is -2.16. The van der Waals surface area contributed by atoms with Crippen LogP contribution in [0.15, 0.2) is 66.9 Å². The SMILES string of the molecule is Cc1ccc(NC(=O)Nc2cc(C(F)(F)F)cc(OCCOCCOCCOCCOS(C)(=O)=O)c2F)cc1Nc1ccc2c(c1)NC(=O)/C2=C\c1ccc[nH]1. The fourth-order valence-electron chi connectivity index (χ4n) is 5.23. The van der Waals surface area contributed by atoms with E-state index in [4.69, 9.17) is 18.9 Å². The van der Waals surface area contributed by atoms with Gasteiger partial charge in [0, 0.05) is 34.5 Å². The van der Waals surface area contributed by atoms with Crippen molar-refractivity contribution >= 4 is 62.1 Å². The van der Waals surface area contributed by atoms with Crippen LogP contribution in [0.3, 0.4) is 0 Å². The Morgan fingerprint density at radius 1 is 0.839 bits per heavy atom. The van der Waals surface area contributed by atoms with Crippen LogP contribution in [0.1, 0.15) is 22.4 Å². The zero-order valence-electron chi connectivity index (χ0n) is 30.2. The number of fused-ring (bicyclic) bond motifs is 1. The number of alkyl halides is 3.